The molecule has 0 radical (unpaired) electrons. The van der Waals surface area contributed by atoms with Gasteiger partial charge in [0.15, 0.2) is 0 Å². The number of hydrogen-bond acceptors (Lipinski definition) is 3. The molecule has 0 aliphatic carbocycles. The van der Waals surface area contributed by atoms with Crippen LogP contribution < -0.4 is 10.9 Å². The number of anilines is 1. The number of carbonyl (C=O) groups excluding carboxylic acids is 1. The highest BCUT2D eigenvalue weighted by Crippen LogP contribution is 2.23. The van der Waals surface area contributed by atoms with Crippen LogP contribution in [0.15, 0.2) is 47.4 Å². The van der Waals surface area contributed by atoms with Gasteiger partial charge in [0.05, 0.1) is 16.6 Å². The smallest absolute Gasteiger partial charge is 0.262 e. The van der Waals surface area contributed by atoms with Crippen LogP contribution in [0.4, 0.5) is 18.9 Å². The number of aryl methyl sites for hydroxylation is 2. The van der Waals surface area contributed by atoms with E-state index in [0.717, 1.165) is 12.1 Å². The average Bonchev–Trinajstić information content (AvgIpc) is 3.06. The molecule has 2 aromatic heterocycles. The molecule has 29 heavy (non-hydrogen) atoms. The summed E-state index contributed by atoms with van der Waals surface area (Å²) < 4.78 is 43.3. The van der Waals surface area contributed by atoms with Crippen LogP contribution in [0.2, 0.25) is 0 Å². The summed E-state index contributed by atoms with van der Waals surface area (Å²) in [6.45, 7) is -0.0573. The zero-order valence-corrected chi connectivity index (χ0v) is 15.2. The van der Waals surface area contributed by atoms with Gasteiger partial charge < -0.3 is 9.88 Å². The van der Waals surface area contributed by atoms with E-state index in [1.165, 1.54) is 27.4 Å². The van der Waals surface area contributed by atoms with Crippen molar-refractivity contribution in [3.63, 3.8) is 0 Å². The molecule has 9 heteroatoms. The Morgan fingerprint density at radius 3 is 2.55 bits per heavy atom. The Morgan fingerprint density at radius 2 is 1.79 bits per heavy atom. The standard InChI is InChI=1S/C20H15F3N4O2/c1-26-10-14-19(25-26)13-4-2-12(22)9-17(13)27(20(14)29)7-6-18(28)24-16-5-3-11(21)8-15(16)23/h2-5,8-10H,6-7H2,1H3,(H,24,28). The van der Waals surface area contributed by atoms with Crippen LogP contribution in [0.25, 0.3) is 21.8 Å². The van der Waals surface area contributed by atoms with E-state index in [0.29, 0.717) is 27.9 Å². The third-order valence-electron chi connectivity index (χ3n) is 4.58. The lowest BCUT2D eigenvalue weighted by atomic mass is 10.1. The lowest BCUT2D eigenvalue weighted by Gasteiger charge is -2.12. The Hall–Kier alpha value is -3.62. The number of pyridine rings is 1. The highest BCUT2D eigenvalue weighted by Gasteiger charge is 2.16. The molecule has 0 spiro atoms. The third kappa shape index (κ3) is 3.46. The molecule has 0 aliphatic heterocycles. The van der Waals surface area contributed by atoms with Gasteiger partial charge in [-0.05, 0) is 30.3 Å². The lowest BCUT2D eigenvalue weighted by Crippen LogP contribution is -2.24. The highest BCUT2D eigenvalue weighted by atomic mass is 19.1. The summed E-state index contributed by atoms with van der Waals surface area (Å²) in [6.07, 6.45) is 1.39. The van der Waals surface area contributed by atoms with Gasteiger partial charge in [0, 0.05) is 37.7 Å². The molecule has 4 rings (SSSR count). The minimum atomic E-state index is -0.903. The first-order valence-corrected chi connectivity index (χ1v) is 8.74. The Bertz CT molecular complexity index is 1330. The molecular weight excluding hydrogens is 385 g/mol. The highest BCUT2D eigenvalue weighted by molar-refractivity contribution is 6.03. The van der Waals surface area contributed by atoms with Crippen LogP contribution in [0.5, 0.6) is 0 Å². The summed E-state index contributed by atoms with van der Waals surface area (Å²) in [7, 11) is 1.67. The van der Waals surface area contributed by atoms with Gasteiger partial charge in [0.1, 0.15) is 23.0 Å². The quantitative estimate of drug-likeness (QED) is 0.571. The van der Waals surface area contributed by atoms with Crippen molar-refractivity contribution in [2.24, 2.45) is 7.05 Å². The minimum Gasteiger partial charge on any atom is -0.324 e. The molecule has 2 aromatic carbocycles. The number of carbonyl (C=O) groups is 1. The maximum atomic E-state index is 13.8. The molecule has 0 unspecified atom stereocenters. The van der Waals surface area contributed by atoms with Gasteiger partial charge >= 0.3 is 0 Å². The Kier molecular flexibility index (Phi) is 4.57. The summed E-state index contributed by atoms with van der Waals surface area (Å²) in [5.74, 6) is -2.76. The fraction of sp³-hybridized carbons (Fsp3) is 0.150. The van der Waals surface area contributed by atoms with Crippen molar-refractivity contribution in [1.82, 2.24) is 14.3 Å². The molecule has 0 aliphatic rings. The van der Waals surface area contributed by atoms with Gasteiger partial charge in [-0.15, -0.1) is 0 Å². The molecule has 1 amide bonds. The number of halogens is 3. The van der Waals surface area contributed by atoms with Crippen LogP contribution in [0, 0.1) is 17.5 Å². The number of aromatic nitrogens is 3. The maximum absolute atomic E-state index is 13.8. The summed E-state index contributed by atoms with van der Waals surface area (Å²) >= 11 is 0. The lowest BCUT2D eigenvalue weighted by molar-refractivity contribution is -0.116. The molecule has 2 heterocycles. The predicted molar refractivity (Wildman–Crippen MR) is 102 cm³/mol. The van der Waals surface area contributed by atoms with Crippen molar-refractivity contribution in [3.8, 4) is 0 Å². The van der Waals surface area contributed by atoms with Crippen molar-refractivity contribution in [2.75, 3.05) is 5.32 Å². The van der Waals surface area contributed by atoms with Crippen LogP contribution >= 0.6 is 0 Å². The van der Waals surface area contributed by atoms with Crippen LogP contribution in [0.1, 0.15) is 6.42 Å². The van der Waals surface area contributed by atoms with E-state index < -0.39 is 28.9 Å². The molecule has 4 aromatic rings. The minimum absolute atomic E-state index is 0.0573. The van der Waals surface area contributed by atoms with E-state index in [9.17, 15) is 22.8 Å². The van der Waals surface area contributed by atoms with E-state index in [-0.39, 0.29) is 18.7 Å². The zero-order valence-electron chi connectivity index (χ0n) is 15.2. The number of benzene rings is 2. The second-order valence-electron chi connectivity index (χ2n) is 6.61. The van der Waals surface area contributed by atoms with E-state index >= 15 is 0 Å². The van der Waals surface area contributed by atoms with Gasteiger partial charge in [-0.2, -0.15) is 5.10 Å². The molecule has 0 atom stereocenters. The maximum Gasteiger partial charge on any atom is 0.262 e. The van der Waals surface area contributed by atoms with Crippen molar-refractivity contribution in [3.05, 3.63) is 70.4 Å². The molecule has 0 fully saturated rings. The number of fused-ring (bicyclic) bond motifs is 3. The Labute approximate surface area is 162 Å². The molecule has 0 saturated heterocycles. The van der Waals surface area contributed by atoms with Crippen LogP contribution in [-0.4, -0.2) is 20.3 Å². The van der Waals surface area contributed by atoms with Gasteiger partial charge in [0.25, 0.3) is 5.56 Å². The molecule has 1 N–H and O–H groups in total. The Morgan fingerprint density at radius 1 is 1.07 bits per heavy atom. The number of rotatable bonds is 4. The van der Waals surface area contributed by atoms with Gasteiger partial charge in [0.2, 0.25) is 5.91 Å². The molecular formula is C20H15F3N4O2. The molecule has 148 valence electrons. The largest absolute Gasteiger partial charge is 0.324 e. The van der Waals surface area contributed by atoms with E-state index in [2.05, 4.69) is 10.4 Å². The summed E-state index contributed by atoms with van der Waals surface area (Å²) in [4.78, 5) is 25.1. The van der Waals surface area contributed by atoms with Crippen molar-refractivity contribution < 1.29 is 18.0 Å². The first-order chi connectivity index (χ1) is 13.8. The van der Waals surface area contributed by atoms with E-state index in [4.69, 9.17) is 0 Å². The predicted octanol–water partition coefficient (Wildman–Crippen LogP) is 3.33. The van der Waals surface area contributed by atoms with Crippen molar-refractivity contribution in [2.45, 2.75) is 13.0 Å². The number of amides is 1. The summed E-state index contributed by atoms with van der Waals surface area (Å²) in [5.41, 5.74) is 0.179. The summed E-state index contributed by atoms with van der Waals surface area (Å²) in [5, 5.41) is 7.53. The van der Waals surface area contributed by atoms with Gasteiger partial charge in [-0.1, -0.05) is 0 Å². The van der Waals surface area contributed by atoms with Crippen molar-refractivity contribution >= 4 is 33.4 Å². The second-order valence-corrected chi connectivity index (χ2v) is 6.61. The fourth-order valence-electron chi connectivity index (χ4n) is 3.27. The zero-order chi connectivity index (χ0) is 20.7. The normalized spacial score (nSPS) is 11.3. The van der Waals surface area contributed by atoms with Crippen LogP contribution in [0.3, 0.4) is 0 Å². The SMILES string of the molecule is Cn1cc2c(=O)n(CCC(=O)Nc3ccc(F)cc3F)c3cc(F)ccc3c2n1. The fourth-order valence-corrected chi connectivity index (χ4v) is 3.27. The molecule has 0 bridgehead atoms. The summed E-state index contributed by atoms with van der Waals surface area (Å²) in [6, 6.07) is 6.81. The Balaban J connectivity index is 1.68. The van der Waals surface area contributed by atoms with Gasteiger partial charge in [-0.25, -0.2) is 13.2 Å². The first-order valence-electron chi connectivity index (χ1n) is 8.74. The first kappa shape index (κ1) is 18.7. The average molecular weight is 400 g/mol. The molecule has 6 nitrogen and oxygen atoms in total. The van der Waals surface area contributed by atoms with Crippen LogP contribution in [-0.2, 0) is 18.4 Å². The molecule has 0 saturated carbocycles. The second kappa shape index (κ2) is 7.08. The third-order valence-corrected chi connectivity index (χ3v) is 4.58. The van der Waals surface area contributed by atoms with Gasteiger partial charge in [-0.3, -0.25) is 14.3 Å². The topological polar surface area (TPSA) is 68.9 Å². The number of nitrogens with one attached hydrogen (secondary N) is 1. The van der Waals surface area contributed by atoms with E-state index in [1.807, 2.05) is 0 Å². The van der Waals surface area contributed by atoms with Crippen molar-refractivity contribution in [1.29, 1.82) is 0 Å². The number of nitrogens with zero attached hydrogens (tertiary/aromatic N) is 3. The van der Waals surface area contributed by atoms with E-state index in [1.54, 1.807) is 13.2 Å². The monoisotopic (exact) mass is 400 g/mol. The number of hydrogen-bond donors (Lipinski definition) is 1.